The summed E-state index contributed by atoms with van der Waals surface area (Å²) in [6.07, 6.45) is 0.746. The van der Waals surface area contributed by atoms with Crippen LogP contribution in [0.1, 0.15) is 24.1 Å². The molecule has 1 unspecified atom stereocenters. The Morgan fingerprint density at radius 3 is 2.60 bits per heavy atom. The minimum absolute atomic E-state index is 0.0326. The molecule has 2 aromatic carbocycles. The van der Waals surface area contributed by atoms with E-state index in [1.54, 1.807) is 6.07 Å². The number of hydrogen-bond donors (Lipinski definition) is 1. The van der Waals surface area contributed by atoms with Gasteiger partial charge < -0.3 is 5.32 Å². The van der Waals surface area contributed by atoms with Crippen molar-refractivity contribution in [1.82, 2.24) is 5.32 Å². The van der Waals surface area contributed by atoms with Gasteiger partial charge in [0.05, 0.1) is 5.02 Å². The molecule has 2 rings (SSSR count). The summed E-state index contributed by atoms with van der Waals surface area (Å²) in [4.78, 5) is 0. The molecule has 4 heteroatoms. The van der Waals surface area contributed by atoms with Gasteiger partial charge in [0.1, 0.15) is 5.82 Å². The monoisotopic (exact) mass is 311 g/mol. The molecule has 1 N–H and O–H groups in total. The van der Waals surface area contributed by atoms with E-state index < -0.39 is 5.82 Å². The highest BCUT2D eigenvalue weighted by atomic mass is 35.5. The van der Waals surface area contributed by atoms with Gasteiger partial charge in [-0.05, 0) is 48.4 Å². The van der Waals surface area contributed by atoms with Gasteiger partial charge in [-0.3, -0.25) is 0 Å². The predicted octanol–water partition coefficient (Wildman–Crippen LogP) is 5.03. The van der Waals surface area contributed by atoms with E-state index in [0.29, 0.717) is 5.02 Å². The maximum Gasteiger partial charge on any atom is 0.142 e. The zero-order valence-electron chi connectivity index (χ0n) is 11.2. The SMILES string of the molecule is CCNC(Cc1cccc(Cl)c1)c1ccc(Cl)c(F)c1. The van der Waals surface area contributed by atoms with Crippen molar-refractivity contribution in [2.75, 3.05) is 6.54 Å². The van der Waals surface area contributed by atoms with Gasteiger partial charge in [-0.25, -0.2) is 4.39 Å². The fourth-order valence-corrected chi connectivity index (χ4v) is 2.51. The van der Waals surface area contributed by atoms with Crippen LogP contribution in [0, 0.1) is 5.82 Å². The lowest BCUT2D eigenvalue weighted by Gasteiger charge is -2.19. The summed E-state index contributed by atoms with van der Waals surface area (Å²) in [6, 6.07) is 12.7. The molecule has 0 saturated heterocycles. The van der Waals surface area contributed by atoms with E-state index in [2.05, 4.69) is 5.32 Å². The number of nitrogens with one attached hydrogen (secondary N) is 1. The van der Waals surface area contributed by atoms with E-state index in [0.717, 1.165) is 24.1 Å². The molecular weight excluding hydrogens is 296 g/mol. The average Bonchev–Trinajstić information content (AvgIpc) is 2.41. The Kier molecular flexibility index (Phi) is 5.41. The molecule has 2 aromatic rings. The molecule has 0 bridgehead atoms. The molecule has 0 aliphatic rings. The molecule has 0 amide bonds. The molecule has 0 aliphatic heterocycles. The first-order valence-corrected chi connectivity index (χ1v) is 7.28. The number of benzene rings is 2. The lowest BCUT2D eigenvalue weighted by atomic mass is 9.98. The zero-order chi connectivity index (χ0) is 14.5. The Labute approximate surface area is 128 Å². The van der Waals surface area contributed by atoms with Crippen molar-refractivity contribution in [2.45, 2.75) is 19.4 Å². The van der Waals surface area contributed by atoms with E-state index in [-0.39, 0.29) is 11.1 Å². The Balaban J connectivity index is 2.24. The minimum Gasteiger partial charge on any atom is -0.310 e. The third-order valence-electron chi connectivity index (χ3n) is 3.13. The van der Waals surface area contributed by atoms with E-state index >= 15 is 0 Å². The highest BCUT2D eigenvalue weighted by Gasteiger charge is 2.13. The maximum absolute atomic E-state index is 13.6. The van der Waals surface area contributed by atoms with Crippen LogP contribution in [0.5, 0.6) is 0 Å². The second-order valence-electron chi connectivity index (χ2n) is 4.62. The third kappa shape index (κ3) is 3.95. The summed E-state index contributed by atoms with van der Waals surface area (Å²) in [6.45, 7) is 2.83. The number of likely N-dealkylation sites (N-methyl/N-ethyl adjacent to an activating group) is 1. The fraction of sp³-hybridized carbons (Fsp3) is 0.250. The van der Waals surface area contributed by atoms with Crippen molar-refractivity contribution >= 4 is 23.2 Å². The molecular formula is C16H16Cl2FN. The normalized spacial score (nSPS) is 12.4. The van der Waals surface area contributed by atoms with Gasteiger partial charge in [-0.15, -0.1) is 0 Å². The van der Waals surface area contributed by atoms with Gasteiger partial charge in [0.2, 0.25) is 0 Å². The van der Waals surface area contributed by atoms with E-state index in [9.17, 15) is 4.39 Å². The first-order chi connectivity index (χ1) is 9.60. The summed E-state index contributed by atoms with van der Waals surface area (Å²) >= 11 is 11.7. The van der Waals surface area contributed by atoms with Crippen LogP contribution in [-0.4, -0.2) is 6.54 Å². The van der Waals surface area contributed by atoms with Crippen LogP contribution in [0.4, 0.5) is 4.39 Å². The Hall–Kier alpha value is -1.09. The number of hydrogen-bond acceptors (Lipinski definition) is 1. The van der Waals surface area contributed by atoms with Gasteiger partial charge in [-0.2, -0.15) is 0 Å². The van der Waals surface area contributed by atoms with Crippen LogP contribution in [0.25, 0.3) is 0 Å². The average molecular weight is 312 g/mol. The van der Waals surface area contributed by atoms with Crippen molar-refractivity contribution in [3.8, 4) is 0 Å². The quantitative estimate of drug-likeness (QED) is 0.817. The van der Waals surface area contributed by atoms with Gasteiger partial charge in [0, 0.05) is 11.1 Å². The Morgan fingerprint density at radius 2 is 1.95 bits per heavy atom. The molecule has 0 heterocycles. The summed E-state index contributed by atoms with van der Waals surface area (Å²) in [5.41, 5.74) is 1.99. The second kappa shape index (κ2) is 7.07. The largest absolute Gasteiger partial charge is 0.310 e. The van der Waals surface area contributed by atoms with Crippen molar-refractivity contribution in [1.29, 1.82) is 0 Å². The highest BCUT2D eigenvalue weighted by molar-refractivity contribution is 6.31. The third-order valence-corrected chi connectivity index (χ3v) is 3.67. The fourth-order valence-electron chi connectivity index (χ4n) is 2.18. The number of rotatable bonds is 5. The first kappa shape index (κ1) is 15.3. The topological polar surface area (TPSA) is 12.0 Å². The van der Waals surface area contributed by atoms with Gasteiger partial charge >= 0.3 is 0 Å². The summed E-state index contributed by atoms with van der Waals surface area (Å²) in [5, 5.41) is 4.21. The molecule has 1 atom stereocenters. The van der Waals surface area contributed by atoms with Crippen LogP contribution in [0.2, 0.25) is 10.0 Å². The van der Waals surface area contributed by atoms with Crippen molar-refractivity contribution in [3.05, 3.63) is 69.5 Å². The first-order valence-electron chi connectivity index (χ1n) is 6.53. The highest BCUT2D eigenvalue weighted by Crippen LogP contribution is 2.24. The van der Waals surface area contributed by atoms with Crippen molar-refractivity contribution in [2.24, 2.45) is 0 Å². The second-order valence-corrected chi connectivity index (χ2v) is 5.46. The summed E-state index contributed by atoms with van der Waals surface area (Å²) in [7, 11) is 0. The van der Waals surface area contributed by atoms with E-state index in [1.165, 1.54) is 6.07 Å². The van der Waals surface area contributed by atoms with E-state index in [1.807, 2.05) is 37.3 Å². The predicted molar refractivity (Wildman–Crippen MR) is 83.0 cm³/mol. The van der Waals surface area contributed by atoms with Crippen LogP contribution in [0.3, 0.4) is 0 Å². The molecule has 0 saturated carbocycles. The van der Waals surface area contributed by atoms with Gasteiger partial charge in [-0.1, -0.05) is 48.3 Å². The van der Waals surface area contributed by atoms with Gasteiger partial charge in [0.15, 0.2) is 0 Å². The molecule has 0 fully saturated rings. The number of halogens is 3. The van der Waals surface area contributed by atoms with Crippen LogP contribution in [-0.2, 0) is 6.42 Å². The molecule has 0 aromatic heterocycles. The zero-order valence-corrected chi connectivity index (χ0v) is 12.7. The smallest absolute Gasteiger partial charge is 0.142 e. The summed E-state index contributed by atoms with van der Waals surface area (Å²) in [5.74, 6) is -0.391. The molecule has 0 spiro atoms. The van der Waals surface area contributed by atoms with Crippen LogP contribution < -0.4 is 5.32 Å². The summed E-state index contributed by atoms with van der Waals surface area (Å²) < 4.78 is 13.6. The molecule has 0 aliphatic carbocycles. The Morgan fingerprint density at radius 1 is 1.15 bits per heavy atom. The molecule has 106 valence electrons. The van der Waals surface area contributed by atoms with Gasteiger partial charge in [0.25, 0.3) is 0 Å². The minimum atomic E-state index is -0.391. The lowest BCUT2D eigenvalue weighted by Crippen LogP contribution is -2.23. The maximum atomic E-state index is 13.6. The standard InChI is InChI=1S/C16H16Cl2FN/c1-2-20-16(9-11-4-3-5-13(17)8-11)12-6-7-14(18)15(19)10-12/h3-8,10,16,20H,2,9H2,1H3. The van der Waals surface area contributed by atoms with E-state index in [4.69, 9.17) is 23.2 Å². The van der Waals surface area contributed by atoms with Crippen molar-refractivity contribution < 1.29 is 4.39 Å². The molecule has 20 heavy (non-hydrogen) atoms. The molecule has 1 nitrogen and oxygen atoms in total. The van der Waals surface area contributed by atoms with Crippen LogP contribution >= 0.6 is 23.2 Å². The molecule has 0 radical (unpaired) electrons. The van der Waals surface area contributed by atoms with Crippen LogP contribution in [0.15, 0.2) is 42.5 Å². The lowest BCUT2D eigenvalue weighted by molar-refractivity contribution is 0.543. The van der Waals surface area contributed by atoms with Crippen molar-refractivity contribution in [3.63, 3.8) is 0 Å². The Bertz CT molecular complexity index is 586.